The highest BCUT2D eigenvalue weighted by atomic mass is 16.1. The van der Waals surface area contributed by atoms with E-state index in [4.69, 9.17) is 0 Å². The largest absolute Gasteiger partial charge is 0.294 e. The quantitative estimate of drug-likeness (QED) is 0.304. The van der Waals surface area contributed by atoms with Gasteiger partial charge in [0, 0.05) is 12.0 Å². The molecule has 0 amide bonds. The molecule has 0 saturated carbocycles. The maximum absolute atomic E-state index is 12.1. The van der Waals surface area contributed by atoms with Crippen LogP contribution in [0.3, 0.4) is 0 Å². The molecule has 0 fully saturated rings. The highest BCUT2D eigenvalue weighted by Gasteiger charge is 2.11. The smallest absolute Gasteiger partial charge is 0.162 e. The third kappa shape index (κ3) is 8.04. The number of hydrogen-bond acceptors (Lipinski definition) is 1. The molecule has 0 aromatic rings. The molecule has 0 atom stereocenters. The lowest BCUT2D eigenvalue weighted by Crippen LogP contribution is -2.05. The number of Topliss-reactive ketones (excluding diaryl/α,β-unsaturated/α-hetero) is 1. The first-order valence-corrected chi connectivity index (χ1v) is 8.76. The molecular formula is C20H32O. The van der Waals surface area contributed by atoms with Gasteiger partial charge in [-0.3, -0.25) is 4.79 Å². The topological polar surface area (TPSA) is 17.1 Å². The fraction of sp³-hybridized carbons (Fsp3) is 0.650. The number of rotatable bonds is 12. The van der Waals surface area contributed by atoms with Gasteiger partial charge in [-0.1, -0.05) is 62.3 Å². The van der Waals surface area contributed by atoms with Crippen molar-refractivity contribution in [2.75, 3.05) is 0 Å². The molecule has 0 radical (unpaired) electrons. The molecule has 0 spiro atoms. The molecule has 1 heteroatoms. The molecule has 0 aliphatic heterocycles. The van der Waals surface area contributed by atoms with Crippen LogP contribution >= 0.6 is 0 Å². The van der Waals surface area contributed by atoms with Crippen molar-refractivity contribution in [3.63, 3.8) is 0 Å². The zero-order valence-electron chi connectivity index (χ0n) is 13.8. The van der Waals surface area contributed by atoms with Gasteiger partial charge in [-0.25, -0.2) is 0 Å². The third-order valence-electron chi connectivity index (χ3n) is 4.29. The van der Waals surface area contributed by atoms with E-state index in [0.29, 0.717) is 5.78 Å². The van der Waals surface area contributed by atoms with Crippen molar-refractivity contribution in [2.45, 2.75) is 84.0 Å². The Morgan fingerprint density at radius 3 is 2.33 bits per heavy atom. The first kappa shape index (κ1) is 17.9. The summed E-state index contributed by atoms with van der Waals surface area (Å²) in [7, 11) is 0. The molecule has 0 aromatic carbocycles. The summed E-state index contributed by atoms with van der Waals surface area (Å²) >= 11 is 0. The molecule has 21 heavy (non-hydrogen) atoms. The number of carbonyl (C=O) groups is 1. The SMILES string of the molecule is C=CCCCCCCCCCCC(=O)C1=C(C)CCC=C1. The fourth-order valence-electron chi connectivity index (χ4n) is 2.88. The van der Waals surface area contributed by atoms with E-state index < -0.39 is 0 Å². The van der Waals surface area contributed by atoms with Crippen LogP contribution in [0.2, 0.25) is 0 Å². The minimum Gasteiger partial charge on any atom is -0.294 e. The second-order valence-corrected chi connectivity index (χ2v) is 6.21. The summed E-state index contributed by atoms with van der Waals surface area (Å²) in [5, 5.41) is 0. The lowest BCUT2D eigenvalue weighted by molar-refractivity contribution is -0.115. The van der Waals surface area contributed by atoms with E-state index in [1.165, 1.54) is 50.5 Å². The summed E-state index contributed by atoms with van der Waals surface area (Å²) in [6, 6.07) is 0. The maximum atomic E-state index is 12.1. The van der Waals surface area contributed by atoms with E-state index in [0.717, 1.165) is 37.7 Å². The Kier molecular flexibility index (Phi) is 9.86. The molecule has 1 rings (SSSR count). The average Bonchev–Trinajstić information content (AvgIpc) is 2.49. The summed E-state index contributed by atoms with van der Waals surface area (Å²) < 4.78 is 0. The van der Waals surface area contributed by atoms with Crippen LogP contribution < -0.4 is 0 Å². The van der Waals surface area contributed by atoms with E-state index in [1.807, 2.05) is 12.2 Å². The second-order valence-electron chi connectivity index (χ2n) is 6.21. The van der Waals surface area contributed by atoms with Gasteiger partial charge in [0.05, 0.1) is 0 Å². The second kappa shape index (κ2) is 11.5. The Morgan fingerprint density at radius 2 is 1.71 bits per heavy atom. The maximum Gasteiger partial charge on any atom is 0.162 e. The first-order valence-electron chi connectivity index (χ1n) is 8.76. The van der Waals surface area contributed by atoms with Crippen molar-refractivity contribution in [3.05, 3.63) is 36.0 Å². The average molecular weight is 288 g/mol. The van der Waals surface area contributed by atoms with E-state index in [-0.39, 0.29) is 0 Å². The predicted molar refractivity (Wildman–Crippen MR) is 92.4 cm³/mol. The number of carbonyl (C=O) groups excluding carboxylic acids is 1. The molecule has 1 aliphatic rings. The molecule has 0 unspecified atom stereocenters. The van der Waals surface area contributed by atoms with Gasteiger partial charge in [0.2, 0.25) is 0 Å². The van der Waals surface area contributed by atoms with Gasteiger partial charge in [-0.2, -0.15) is 0 Å². The van der Waals surface area contributed by atoms with Gasteiger partial charge in [-0.15, -0.1) is 6.58 Å². The Morgan fingerprint density at radius 1 is 1.10 bits per heavy atom. The van der Waals surface area contributed by atoms with Gasteiger partial charge in [0.15, 0.2) is 5.78 Å². The van der Waals surface area contributed by atoms with Crippen molar-refractivity contribution in [1.82, 2.24) is 0 Å². The van der Waals surface area contributed by atoms with Crippen molar-refractivity contribution < 1.29 is 4.79 Å². The van der Waals surface area contributed by atoms with Crippen LogP contribution in [0.25, 0.3) is 0 Å². The van der Waals surface area contributed by atoms with Gasteiger partial charge < -0.3 is 0 Å². The van der Waals surface area contributed by atoms with Gasteiger partial charge in [0.25, 0.3) is 0 Å². The summed E-state index contributed by atoms with van der Waals surface area (Å²) in [6.45, 7) is 5.85. The van der Waals surface area contributed by atoms with Crippen LogP contribution in [-0.4, -0.2) is 5.78 Å². The van der Waals surface area contributed by atoms with Crippen LogP contribution in [0.1, 0.15) is 84.0 Å². The van der Waals surface area contributed by atoms with Crippen molar-refractivity contribution in [2.24, 2.45) is 0 Å². The summed E-state index contributed by atoms with van der Waals surface area (Å²) in [4.78, 5) is 12.1. The minimum absolute atomic E-state index is 0.355. The Balaban J connectivity index is 1.98. The molecule has 0 saturated heterocycles. The lowest BCUT2D eigenvalue weighted by Gasteiger charge is -2.11. The van der Waals surface area contributed by atoms with E-state index in [9.17, 15) is 4.79 Å². The highest BCUT2D eigenvalue weighted by Crippen LogP contribution is 2.21. The number of ketones is 1. The minimum atomic E-state index is 0.355. The molecule has 0 N–H and O–H groups in total. The lowest BCUT2D eigenvalue weighted by atomic mass is 9.93. The van der Waals surface area contributed by atoms with Gasteiger partial charge in [-0.05, 0) is 39.0 Å². The van der Waals surface area contributed by atoms with Crippen LogP contribution in [0, 0.1) is 0 Å². The third-order valence-corrected chi connectivity index (χ3v) is 4.29. The van der Waals surface area contributed by atoms with Crippen molar-refractivity contribution in [3.8, 4) is 0 Å². The summed E-state index contributed by atoms with van der Waals surface area (Å²) in [5.41, 5.74) is 2.27. The normalized spacial score (nSPS) is 14.5. The predicted octanol–water partition coefficient (Wildman–Crippen LogP) is 6.31. The van der Waals surface area contributed by atoms with Crippen molar-refractivity contribution in [1.29, 1.82) is 0 Å². The number of hydrogen-bond donors (Lipinski definition) is 0. The van der Waals surface area contributed by atoms with Crippen LogP contribution in [0.5, 0.6) is 0 Å². The fourth-order valence-corrected chi connectivity index (χ4v) is 2.88. The Hall–Kier alpha value is -1.11. The van der Waals surface area contributed by atoms with E-state index >= 15 is 0 Å². The molecule has 118 valence electrons. The molecule has 0 heterocycles. The molecule has 1 aliphatic carbocycles. The monoisotopic (exact) mass is 288 g/mol. The molecular weight excluding hydrogens is 256 g/mol. The van der Waals surface area contributed by atoms with Crippen molar-refractivity contribution >= 4 is 5.78 Å². The van der Waals surface area contributed by atoms with E-state index in [2.05, 4.69) is 19.6 Å². The Labute approximate surface area is 131 Å². The molecule has 0 aromatic heterocycles. The zero-order valence-corrected chi connectivity index (χ0v) is 13.8. The number of allylic oxidation sites excluding steroid dienone is 5. The standard InChI is InChI=1S/C20H32O/c1-3-4-5-6-7-8-9-10-11-12-17-20(21)19-16-14-13-15-18(19)2/h3,14,16H,1,4-13,15,17H2,2H3. The molecule has 1 nitrogen and oxygen atoms in total. The zero-order chi connectivity index (χ0) is 15.3. The van der Waals surface area contributed by atoms with E-state index in [1.54, 1.807) is 0 Å². The Bertz CT molecular complexity index is 373. The summed E-state index contributed by atoms with van der Waals surface area (Å²) in [6.07, 6.45) is 20.4. The van der Waals surface area contributed by atoms with Crippen LogP contribution in [-0.2, 0) is 4.79 Å². The van der Waals surface area contributed by atoms with Crippen LogP contribution in [0.15, 0.2) is 36.0 Å². The molecule has 0 bridgehead atoms. The highest BCUT2D eigenvalue weighted by molar-refractivity contribution is 5.98. The van der Waals surface area contributed by atoms with Crippen LogP contribution in [0.4, 0.5) is 0 Å². The van der Waals surface area contributed by atoms with Gasteiger partial charge in [0.1, 0.15) is 0 Å². The summed E-state index contributed by atoms with van der Waals surface area (Å²) in [5.74, 6) is 0.355. The number of unbranched alkanes of at least 4 members (excludes halogenated alkanes) is 8. The van der Waals surface area contributed by atoms with Gasteiger partial charge >= 0.3 is 0 Å². The first-order chi connectivity index (χ1) is 10.3.